The molecule has 1 aliphatic rings. The second-order valence-electron chi connectivity index (χ2n) is 5.86. The number of fused-ring (bicyclic) bond motifs is 1. The van der Waals surface area contributed by atoms with Gasteiger partial charge in [-0.15, -0.1) is 0 Å². The van der Waals surface area contributed by atoms with Crippen LogP contribution in [0.5, 0.6) is 0 Å². The van der Waals surface area contributed by atoms with E-state index in [1.807, 2.05) is 12.4 Å². The molecule has 2 heteroatoms. The molecule has 1 fully saturated rings. The normalized spacial score (nSPS) is 23.0. The number of aromatic nitrogens is 1. The van der Waals surface area contributed by atoms with Gasteiger partial charge >= 0.3 is 0 Å². The average molecular weight is 254 g/mol. The van der Waals surface area contributed by atoms with Gasteiger partial charge in [0.15, 0.2) is 0 Å². The molecule has 2 aromatic rings. The Morgan fingerprint density at radius 1 is 1.21 bits per heavy atom. The number of pyridine rings is 1. The zero-order valence-corrected chi connectivity index (χ0v) is 11.6. The quantitative estimate of drug-likeness (QED) is 0.898. The fourth-order valence-corrected chi connectivity index (χ4v) is 3.17. The summed E-state index contributed by atoms with van der Waals surface area (Å²) < 4.78 is 0. The molecule has 0 aliphatic heterocycles. The summed E-state index contributed by atoms with van der Waals surface area (Å²) in [4.78, 5) is 4.15. The summed E-state index contributed by atoms with van der Waals surface area (Å²) in [6.45, 7) is 4.53. The predicted octanol–water partition coefficient (Wildman–Crippen LogP) is 3.76. The summed E-state index contributed by atoms with van der Waals surface area (Å²) >= 11 is 0. The van der Waals surface area contributed by atoms with Crippen molar-refractivity contribution in [3.63, 3.8) is 0 Å². The highest BCUT2D eigenvalue weighted by Crippen LogP contribution is 2.30. The third-order valence-corrected chi connectivity index (χ3v) is 4.48. The summed E-state index contributed by atoms with van der Waals surface area (Å²) in [5.41, 5.74) is 1.37. The van der Waals surface area contributed by atoms with E-state index in [1.165, 1.54) is 35.6 Å². The molecule has 1 N–H and O–H groups in total. The summed E-state index contributed by atoms with van der Waals surface area (Å²) in [6.07, 6.45) is 8.01. The Kier molecular flexibility index (Phi) is 3.79. The lowest BCUT2D eigenvalue weighted by atomic mass is 9.98. The smallest absolute Gasteiger partial charge is 0.0346 e. The van der Waals surface area contributed by atoms with E-state index < -0.39 is 0 Å². The van der Waals surface area contributed by atoms with Gasteiger partial charge < -0.3 is 5.32 Å². The van der Waals surface area contributed by atoms with E-state index in [-0.39, 0.29) is 0 Å². The minimum absolute atomic E-state index is 0.879. The molecule has 1 heterocycles. The van der Waals surface area contributed by atoms with E-state index in [0.717, 1.165) is 24.9 Å². The maximum atomic E-state index is 4.15. The first-order valence-corrected chi connectivity index (χ1v) is 7.36. The number of benzene rings is 1. The first-order chi connectivity index (χ1) is 9.33. The van der Waals surface area contributed by atoms with Crippen molar-refractivity contribution in [1.29, 1.82) is 0 Å². The Labute approximate surface area is 115 Å². The van der Waals surface area contributed by atoms with E-state index >= 15 is 0 Å². The highest BCUT2D eigenvalue weighted by Gasteiger charge is 2.22. The zero-order chi connectivity index (χ0) is 13.1. The van der Waals surface area contributed by atoms with Crippen LogP contribution in [0.3, 0.4) is 0 Å². The molecule has 1 saturated carbocycles. The van der Waals surface area contributed by atoms with E-state index in [1.54, 1.807) is 0 Å². The molecule has 0 amide bonds. The molecule has 2 unspecified atom stereocenters. The van der Waals surface area contributed by atoms with Crippen molar-refractivity contribution in [1.82, 2.24) is 10.3 Å². The molecule has 2 atom stereocenters. The van der Waals surface area contributed by atoms with Crippen LogP contribution in [0.15, 0.2) is 36.7 Å². The Morgan fingerprint density at radius 2 is 2.16 bits per heavy atom. The van der Waals surface area contributed by atoms with Crippen molar-refractivity contribution in [3.05, 3.63) is 42.2 Å². The summed E-state index contributed by atoms with van der Waals surface area (Å²) in [6, 6.07) is 8.71. The number of nitrogens with one attached hydrogen (secondary N) is 1. The molecule has 1 aromatic heterocycles. The van der Waals surface area contributed by atoms with E-state index in [4.69, 9.17) is 0 Å². The van der Waals surface area contributed by atoms with Crippen LogP contribution in [-0.4, -0.2) is 11.5 Å². The van der Waals surface area contributed by atoms with Gasteiger partial charge in [0, 0.05) is 24.3 Å². The molecule has 100 valence electrons. The highest BCUT2D eigenvalue weighted by atomic mass is 14.9. The maximum Gasteiger partial charge on any atom is 0.0346 e. The summed E-state index contributed by atoms with van der Waals surface area (Å²) in [7, 11) is 0. The SMILES string of the molecule is CC1CCCC1CNCc1ccc2cnccc2c1. The van der Waals surface area contributed by atoms with Gasteiger partial charge in [-0.3, -0.25) is 4.98 Å². The second kappa shape index (κ2) is 5.70. The van der Waals surface area contributed by atoms with Gasteiger partial charge in [-0.25, -0.2) is 0 Å². The molecule has 1 aromatic carbocycles. The molecule has 0 radical (unpaired) electrons. The molecule has 2 nitrogen and oxygen atoms in total. The van der Waals surface area contributed by atoms with Gasteiger partial charge in [0.25, 0.3) is 0 Å². The zero-order valence-electron chi connectivity index (χ0n) is 11.6. The maximum absolute atomic E-state index is 4.15. The van der Waals surface area contributed by atoms with Crippen LogP contribution in [0.1, 0.15) is 31.7 Å². The predicted molar refractivity (Wildman–Crippen MR) is 80.0 cm³/mol. The Hall–Kier alpha value is -1.41. The highest BCUT2D eigenvalue weighted by molar-refractivity contribution is 5.81. The first kappa shape index (κ1) is 12.6. The minimum Gasteiger partial charge on any atom is -0.312 e. The lowest BCUT2D eigenvalue weighted by molar-refractivity contribution is 0.392. The third-order valence-electron chi connectivity index (χ3n) is 4.48. The fraction of sp³-hybridized carbons (Fsp3) is 0.471. The molecule has 0 saturated heterocycles. The topological polar surface area (TPSA) is 24.9 Å². The molecule has 0 spiro atoms. The second-order valence-corrected chi connectivity index (χ2v) is 5.86. The molecule has 3 rings (SSSR count). The van der Waals surface area contributed by atoms with Crippen molar-refractivity contribution in [3.8, 4) is 0 Å². The number of nitrogens with zero attached hydrogens (tertiary/aromatic N) is 1. The molecular weight excluding hydrogens is 232 g/mol. The van der Waals surface area contributed by atoms with Crippen LogP contribution in [-0.2, 0) is 6.54 Å². The average Bonchev–Trinajstić information content (AvgIpc) is 2.84. The monoisotopic (exact) mass is 254 g/mol. The molecular formula is C17H22N2. The van der Waals surface area contributed by atoms with E-state index in [2.05, 4.69) is 41.5 Å². The summed E-state index contributed by atoms with van der Waals surface area (Å²) in [5.74, 6) is 1.78. The van der Waals surface area contributed by atoms with Crippen LogP contribution < -0.4 is 5.32 Å². The summed E-state index contributed by atoms with van der Waals surface area (Å²) in [5, 5.41) is 6.12. The van der Waals surface area contributed by atoms with Gasteiger partial charge in [0.1, 0.15) is 0 Å². The van der Waals surface area contributed by atoms with Gasteiger partial charge in [-0.05, 0) is 47.9 Å². The van der Waals surface area contributed by atoms with Gasteiger partial charge in [-0.2, -0.15) is 0 Å². The van der Waals surface area contributed by atoms with Crippen molar-refractivity contribution in [2.24, 2.45) is 11.8 Å². The number of rotatable bonds is 4. The Morgan fingerprint density at radius 3 is 3.00 bits per heavy atom. The van der Waals surface area contributed by atoms with Crippen molar-refractivity contribution in [2.75, 3.05) is 6.54 Å². The van der Waals surface area contributed by atoms with Crippen molar-refractivity contribution < 1.29 is 0 Å². The lowest BCUT2D eigenvalue weighted by Crippen LogP contribution is -2.23. The Bertz CT molecular complexity index is 550. The van der Waals surface area contributed by atoms with Crippen LogP contribution >= 0.6 is 0 Å². The van der Waals surface area contributed by atoms with Gasteiger partial charge in [0.2, 0.25) is 0 Å². The largest absolute Gasteiger partial charge is 0.312 e. The standard InChI is InChI=1S/C17H22N2/c1-13-3-2-4-16(13)11-19-10-14-5-6-17-12-18-8-7-15(17)9-14/h5-9,12-13,16,19H,2-4,10-11H2,1H3. The Balaban J connectivity index is 1.59. The minimum atomic E-state index is 0.879. The number of hydrogen-bond donors (Lipinski definition) is 1. The van der Waals surface area contributed by atoms with Gasteiger partial charge in [0.05, 0.1) is 0 Å². The van der Waals surface area contributed by atoms with Crippen molar-refractivity contribution in [2.45, 2.75) is 32.7 Å². The van der Waals surface area contributed by atoms with Crippen LogP contribution in [0.2, 0.25) is 0 Å². The van der Waals surface area contributed by atoms with Crippen LogP contribution in [0.25, 0.3) is 10.8 Å². The lowest BCUT2D eigenvalue weighted by Gasteiger charge is -2.16. The molecule has 1 aliphatic carbocycles. The third kappa shape index (κ3) is 2.95. The molecule has 0 bridgehead atoms. The first-order valence-electron chi connectivity index (χ1n) is 7.36. The van der Waals surface area contributed by atoms with E-state index in [9.17, 15) is 0 Å². The fourth-order valence-electron chi connectivity index (χ4n) is 3.17. The van der Waals surface area contributed by atoms with Crippen molar-refractivity contribution >= 4 is 10.8 Å². The van der Waals surface area contributed by atoms with Crippen LogP contribution in [0.4, 0.5) is 0 Å². The van der Waals surface area contributed by atoms with Crippen LogP contribution in [0, 0.1) is 11.8 Å². The van der Waals surface area contributed by atoms with Gasteiger partial charge in [-0.1, -0.05) is 31.9 Å². The number of hydrogen-bond acceptors (Lipinski definition) is 2. The molecule has 19 heavy (non-hydrogen) atoms. The van der Waals surface area contributed by atoms with E-state index in [0.29, 0.717) is 0 Å².